The largest absolute Gasteiger partial charge is 0.368 e. The Kier molecular flexibility index (Phi) is 6.56. The summed E-state index contributed by atoms with van der Waals surface area (Å²) < 4.78 is 5.55. The first-order valence-corrected chi connectivity index (χ1v) is 6.68. The molecule has 1 amide bonds. The molecule has 0 bridgehead atoms. The molecule has 18 heavy (non-hydrogen) atoms. The normalized spacial score (nSPS) is 23.2. The number of anilines is 1. The maximum absolute atomic E-state index is 11.5. The van der Waals surface area contributed by atoms with E-state index in [-0.39, 0.29) is 31.0 Å². The van der Waals surface area contributed by atoms with E-state index in [1.807, 2.05) is 5.38 Å². The molecule has 0 unspecified atom stereocenters. The average molecular weight is 292 g/mol. The summed E-state index contributed by atoms with van der Waals surface area (Å²) in [6.45, 7) is 0.0967. The first kappa shape index (κ1) is 15.4. The summed E-state index contributed by atoms with van der Waals surface area (Å²) in [6, 6.07) is 0.305. The van der Waals surface area contributed by atoms with Crippen molar-refractivity contribution in [2.75, 3.05) is 11.9 Å². The van der Waals surface area contributed by atoms with Crippen LogP contribution >= 0.6 is 23.7 Å². The Morgan fingerprint density at radius 3 is 2.83 bits per heavy atom. The van der Waals surface area contributed by atoms with Crippen LogP contribution in [0.2, 0.25) is 0 Å². The Balaban J connectivity index is 0.00000162. The minimum absolute atomic E-state index is 0. The fourth-order valence-electron chi connectivity index (χ4n) is 1.89. The predicted molar refractivity (Wildman–Crippen MR) is 74.2 cm³/mol. The Labute approximate surface area is 117 Å². The van der Waals surface area contributed by atoms with Crippen molar-refractivity contribution >= 4 is 34.8 Å². The minimum atomic E-state index is -0.144. The van der Waals surface area contributed by atoms with Crippen LogP contribution in [-0.2, 0) is 9.53 Å². The van der Waals surface area contributed by atoms with Crippen LogP contribution in [0, 0.1) is 0 Å². The number of rotatable bonds is 4. The maximum atomic E-state index is 11.5. The summed E-state index contributed by atoms with van der Waals surface area (Å²) in [5, 5.41) is 5.12. The summed E-state index contributed by atoms with van der Waals surface area (Å²) in [4.78, 5) is 15.5. The number of ether oxygens (including phenoxy) is 1. The van der Waals surface area contributed by atoms with Crippen LogP contribution in [0.1, 0.15) is 25.7 Å². The molecule has 0 aliphatic heterocycles. The van der Waals surface area contributed by atoms with E-state index in [9.17, 15) is 4.79 Å². The highest BCUT2D eigenvalue weighted by atomic mass is 35.5. The molecule has 3 N–H and O–H groups in total. The van der Waals surface area contributed by atoms with Crippen molar-refractivity contribution in [1.29, 1.82) is 0 Å². The van der Waals surface area contributed by atoms with Gasteiger partial charge in [-0.3, -0.25) is 10.1 Å². The molecule has 1 heterocycles. The molecule has 2 rings (SSSR count). The van der Waals surface area contributed by atoms with Crippen molar-refractivity contribution in [1.82, 2.24) is 4.98 Å². The van der Waals surface area contributed by atoms with E-state index < -0.39 is 0 Å². The predicted octanol–water partition coefficient (Wildman–Crippen LogP) is 1.79. The maximum Gasteiger partial charge on any atom is 0.252 e. The zero-order valence-electron chi connectivity index (χ0n) is 10.0. The van der Waals surface area contributed by atoms with Crippen LogP contribution < -0.4 is 11.1 Å². The van der Waals surface area contributed by atoms with Crippen LogP contribution in [0.15, 0.2) is 11.6 Å². The van der Waals surface area contributed by atoms with E-state index in [1.165, 1.54) is 11.3 Å². The van der Waals surface area contributed by atoms with Crippen molar-refractivity contribution in [2.24, 2.45) is 5.73 Å². The summed E-state index contributed by atoms with van der Waals surface area (Å²) in [7, 11) is 0. The summed E-state index contributed by atoms with van der Waals surface area (Å²) in [6.07, 6.45) is 5.70. The van der Waals surface area contributed by atoms with Gasteiger partial charge in [0.05, 0.1) is 6.10 Å². The number of hydrogen-bond acceptors (Lipinski definition) is 5. The lowest BCUT2D eigenvalue weighted by Gasteiger charge is -2.25. The molecule has 1 saturated carbocycles. The lowest BCUT2D eigenvalue weighted by molar-refractivity contribution is -0.123. The lowest BCUT2D eigenvalue weighted by atomic mass is 9.94. The Bertz CT molecular complexity index is 353. The molecule has 1 aliphatic rings. The van der Waals surface area contributed by atoms with Gasteiger partial charge < -0.3 is 10.5 Å². The third kappa shape index (κ3) is 4.89. The Hall–Kier alpha value is -0.690. The van der Waals surface area contributed by atoms with Gasteiger partial charge in [0, 0.05) is 17.6 Å². The molecule has 7 heteroatoms. The first-order chi connectivity index (χ1) is 8.24. The van der Waals surface area contributed by atoms with E-state index in [1.54, 1.807) is 6.20 Å². The third-order valence-electron chi connectivity index (χ3n) is 2.85. The number of nitrogens with two attached hydrogens (primary N) is 1. The second-order valence-electron chi connectivity index (χ2n) is 4.23. The summed E-state index contributed by atoms with van der Waals surface area (Å²) in [5.74, 6) is -0.144. The van der Waals surface area contributed by atoms with Crippen molar-refractivity contribution < 1.29 is 9.53 Å². The van der Waals surface area contributed by atoms with Gasteiger partial charge in [-0.05, 0) is 25.7 Å². The highest BCUT2D eigenvalue weighted by Gasteiger charge is 2.19. The number of carbonyl (C=O) groups is 1. The molecule has 1 aliphatic carbocycles. The molecule has 0 aromatic carbocycles. The van der Waals surface area contributed by atoms with E-state index in [4.69, 9.17) is 10.5 Å². The highest BCUT2D eigenvalue weighted by Crippen LogP contribution is 2.19. The molecule has 102 valence electrons. The van der Waals surface area contributed by atoms with E-state index >= 15 is 0 Å². The van der Waals surface area contributed by atoms with Gasteiger partial charge in [0.2, 0.25) is 0 Å². The van der Waals surface area contributed by atoms with Crippen molar-refractivity contribution in [3.8, 4) is 0 Å². The molecule has 0 spiro atoms. The van der Waals surface area contributed by atoms with Crippen molar-refractivity contribution in [2.45, 2.75) is 37.8 Å². The number of hydrogen-bond donors (Lipinski definition) is 2. The van der Waals surface area contributed by atoms with E-state index in [0.717, 1.165) is 25.7 Å². The monoisotopic (exact) mass is 291 g/mol. The fraction of sp³-hybridized carbons (Fsp3) is 0.636. The third-order valence-corrected chi connectivity index (χ3v) is 3.54. The number of nitrogens with zero attached hydrogens (tertiary/aromatic N) is 1. The zero-order chi connectivity index (χ0) is 12.1. The van der Waals surface area contributed by atoms with E-state index in [0.29, 0.717) is 11.2 Å². The molecule has 0 atom stereocenters. The fourth-order valence-corrected chi connectivity index (χ4v) is 2.43. The number of amides is 1. The first-order valence-electron chi connectivity index (χ1n) is 5.80. The second-order valence-corrected chi connectivity index (χ2v) is 5.13. The molecule has 1 aromatic rings. The van der Waals surface area contributed by atoms with Gasteiger partial charge in [-0.15, -0.1) is 23.7 Å². The number of nitrogens with one attached hydrogen (secondary N) is 1. The zero-order valence-corrected chi connectivity index (χ0v) is 11.6. The standard InChI is InChI=1S/C11H17N3O2S.ClH/c12-8-1-3-9(4-2-8)16-7-10(15)14-11-13-5-6-17-11;/h5-6,8-9H,1-4,7,12H2,(H,13,14,15);1H. The Morgan fingerprint density at radius 2 is 2.22 bits per heavy atom. The van der Waals surface area contributed by atoms with Gasteiger partial charge in [-0.25, -0.2) is 4.98 Å². The lowest BCUT2D eigenvalue weighted by Crippen LogP contribution is -2.32. The quantitative estimate of drug-likeness (QED) is 0.886. The topological polar surface area (TPSA) is 77.2 Å². The molecule has 0 saturated heterocycles. The smallest absolute Gasteiger partial charge is 0.252 e. The molecule has 0 radical (unpaired) electrons. The van der Waals surface area contributed by atoms with Crippen LogP contribution in [0.4, 0.5) is 5.13 Å². The van der Waals surface area contributed by atoms with Crippen molar-refractivity contribution in [3.63, 3.8) is 0 Å². The van der Waals surface area contributed by atoms with Crippen LogP contribution in [0.3, 0.4) is 0 Å². The molecule has 1 fully saturated rings. The van der Waals surface area contributed by atoms with Gasteiger partial charge in [0.25, 0.3) is 5.91 Å². The summed E-state index contributed by atoms with van der Waals surface area (Å²) >= 11 is 1.40. The van der Waals surface area contributed by atoms with Gasteiger partial charge in [-0.2, -0.15) is 0 Å². The van der Waals surface area contributed by atoms with Crippen molar-refractivity contribution in [3.05, 3.63) is 11.6 Å². The van der Waals surface area contributed by atoms with Crippen LogP contribution in [0.25, 0.3) is 0 Å². The number of aromatic nitrogens is 1. The molecule has 1 aromatic heterocycles. The van der Waals surface area contributed by atoms with Gasteiger partial charge in [0.15, 0.2) is 5.13 Å². The van der Waals surface area contributed by atoms with Crippen LogP contribution in [-0.4, -0.2) is 29.6 Å². The van der Waals surface area contributed by atoms with Gasteiger partial charge >= 0.3 is 0 Å². The number of halogens is 1. The second kappa shape index (κ2) is 7.68. The van der Waals surface area contributed by atoms with Crippen LogP contribution in [0.5, 0.6) is 0 Å². The van der Waals surface area contributed by atoms with Gasteiger partial charge in [0.1, 0.15) is 6.61 Å². The summed E-state index contributed by atoms with van der Waals surface area (Å²) in [5.41, 5.74) is 5.80. The van der Waals surface area contributed by atoms with Gasteiger partial charge in [-0.1, -0.05) is 0 Å². The van der Waals surface area contributed by atoms with E-state index in [2.05, 4.69) is 10.3 Å². The average Bonchev–Trinajstić information content (AvgIpc) is 2.81. The molecular formula is C11H18ClN3O2S. The number of carbonyl (C=O) groups excluding carboxylic acids is 1. The highest BCUT2D eigenvalue weighted by molar-refractivity contribution is 7.13. The molecular weight excluding hydrogens is 274 g/mol. The number of thiazole rings is 1. The minimum Gasteiger partial charge on any atom is -0.368 e. The molecule has 5 nitrogen and oxygen atoms in total. The Morgan fingerprint density at radius 1 is 1.50 bits per heavy atom. The SMILES string of the molecule is Cl.NC1CCC(OCC(=O)Nc2nccs2)CC1.